The Bertz CT molecular complexity index is 1170. The first-order valence-electron chi connectivity index (χ1n) is 7.38. The van der Waals surface area contributed by atoms with Crippen LogP contribution in [0.15, 0.2) is 67.0 Å². The summed E-state index contributed by atoms with van der Waals surface area (Å²) in [7, 11) is 0. The molecule has 0 aliphatic carbocycles. The van der Waals surface area contributed by atoms with Gasteiger partial charge in [-0.2, -0.15) is 0 Å². The second kappa shape index (κ2) is 4.83. The van der Waals surface area contributed by atoms with E-state index >= 15 is 0 Å². The molecule has 0 atom stereocenters. The lowest BCUT2D eigenvalue weighted by molar-refractivity contribution is 1.38. The van der Waals surface area contributed by atoms with E-state index in [2.05, 4.69) is 52.4 Å². The average Bonchev–Trinajstić information content (AvgIpc) is 2.99. The van der Waals surface area contributed by atoms with Crippen LogP contribution in [-0.4, -0.2) is 15.0 Å². The predicted octanol–water partition coefficient (Wildman–Crippen LogP) is 5.06. The van der Waals surface area contributed by atoms with Gasteiger partial charge in [0.2, 0.25) is 0 Å². The standard InChI is InChI=1S/C19H11N3S/c1-4-12-5-2-10-20-17(12)13(6-1)15-8-9-16-18(22-15)14-7-3-11-21-19(14)23-16/h1-11H. The maximum Gasteiger partial charge on any atom is 0.126 e. The molecule has 0 aliphatic rings. The maximum absolute atomic E-state index is 4.91. The third kappa shape index (κ3) is 1.92. The molecule has 0 bridgehead atoms. The Morgan fingerprint density at radius 2 is 1.61 bits per heavy atom. The number of para-hydroxylation sites is 1. The van der Waals surface area contributed by atoms with Gasteiger partial charge in [-0.15, -0.1) is 11.3 Å². The van der Waals surface area contributed by atoms with Gasteiger partial charge in [0.15, 0.2) is 0 Å². The first-order chi connectivity index (χ1) is 11.4. The average molecular weight is 313 g/mol. The van der Waals surface area contributed by atoms with Crippen LogP contribution in [0.2, 0.25) is 0 Å². The third-order valence-corrected chi connectivity index (χ3v) is 5.07. The zero-order chi connectivity index (χ0) is 15.2. The summed E-state index contributed by atoms with van der Waals surface area (Å²) in [5.74, 6) is 0. The number of thiophene rings is 1. The fourth-order valence-electron chi connectivity index (χ4n) is 2.94. The van der Waals surface area contributed by atoms with Crippen LogP contribution in [-0.2, 0) is 0 Å². The molecule has 0 spiro atoms. The van der Waals surface area contributed by atoms with Gasteiger partial charge in [-0.05, 0) is 30.3 Å². The maximum atomic E-state index is 4.91. The highest BCUT2D eigenvalue weighted by Gasteiger charge is 2.11. The van der Waals surface area contributed by atoms with Crippen molar-refractivity contribution in [2.24, 2.45) is 0 Å². The van der Waals surface area contributed by atoms with E-state index in [-0.39, 0.29) is 0 Å². The van der Waals surface area contributed by atoms with E-state index in [1.165, 1.54) is 0 Å². The molecule has 0 amide bonds. The molecule has 23 heavy (non-hydrogen) atoms. The summed E-state index contributed by atoms with van der Waals surface area (Å²) in [6, 6.07) is 18.5. The number of benzene rings is 1. The third-order valence-electron chi connectivity index (χ3n) is 4.00. The van der Waals surface area contributed by atoms with Crippen molar-refractivity contribution >= 4 is 42.7 Å². The van der Waals surface area contributed by atoms with E-state index in [1.54, 1.807) is 11.3 Å². The molecule has 1 aromatic carbocycles. The van der Waals surface area contributed by atoms with Crippen LogP contribution in [0.5, 0.6) is 0 Å². The SMILES string of the molecule is c1cnc2c(-c3ccc4sc5ncccc5c4n3)cccc2c1. The number of hydrogen-bond acceptors (Lipinski definition) is 4. The first kappa shape index (κ1) is 12.7. The highest BCUT2D eigenvalue weighted by molar-refractivity contribution is 7.25. The molecule has 0 fully saturated rings. The largest absolute Gasteiger partial charge is 0.256 e. The van der Waals surface area contributed by atoms with Gasteiger partial charge in [0, 0.05) is 28.7 Å². The molecule has 0 saturated carbocycles. The quantitative estimate of drug-likeness (QED) is 0.434. The molecule has 0 radical (unpaired) electrons. The molecule has 4 heteroatoms. The second-order valence-corrected chi connectivity index (χ2v) is 6.41. The van der Waals surface area contributed by atoms with E-state index < -0.39 is 0 Å². The molecule has 4 aromatic heterocycles. The number of fused-ring (bicyclic) bond motifs is 4. The monoisotopic (exact) mass is 313 g/mol. The minimum atomic E-state index is 0.949. The summed E-state index contributed by atoms with van der Waals surface area (Å²) in [5.41, 5.74) is 4.02. The van der Waals surface area contributed by atoms with Crippen LogP contribution >= 0.6 is 11.3 Å². The minimum Gasteiger partial charge on any atom is -0.256 e. The van der Waals surface area contributed by atoms with Gasteiger partial charge in [0.1, 0.15) is 4.83 Å². The minimum absolute atomic E-state index is 0.949. The Morgan fingerprint density at radius 1 is 0.739 bits per heavy atom. The van der Waals surface area contributed by atoms with Crippen molar-refractivity contribution in [3.63, 3.8) is 0 Å². The Balaban J connectivity index is 1.84. The summed E-state index contributed by atoms with van der Waals surface area (Å²) in [5, 5.41) is 2.24. The fourth-order valence-corrected chi connectivity index (χ4v) is 3.92. The van der Waals surface area contributed by atoms with Crippen molar-refractivity contribution in [2.75, 3.05) is 0 Å². The van der Waals surface area contributed by atoms with Crippen LogP contribution in [0.1, 0.15) is 0 Å². The second-order valence-electron chi connectivity index (χ2n) is 5.38. The molecule has 0 N–H and O–H groups in total. The van der Waals surface area contributed by atoms with Crippen LogP contribution < -0.4 is 0 Å². The summed E-state index contributed by atoms with van der Waals surface area (Å²) in [6.07, 6.45) is 3.65. The van der Waals surface area contributed by atoms with Gasteiger partial charge >= 0.3 is 0 Å². The van der Waals surface area contributed by atoms with E-state index in [1.807, 2.05) is 24.5 Å². The summed E-state index contributed by atoms with van der Waals surface area (Å²) in [4.78, 5) is 14.9. The molecule has 5 aromatic rings. The number of nitrogens with zero attached hydrogens (tertiary/aromatic N) is 3. The molecule has 0 aliphatic heterocycles. The zero-order valence-corrected chi connectivity index (χ0v) is 12.9. The topological polar surface area (TPSA) is 38.7 Å². The normalized spacial score (nSPS) is 11.5. The molecular weight excluding hydrogens is 302 g/mol. The highest BCUT2D eigenvalue weighted by Crippen LogP contribution is 2.34. The van der Waals surface area contributed by atoms with Gasteiger partial charge in [0.25, 0.3) is 0 Å². The Morgan fingerprint density at radius 3 is 2.61 bits per heavy atom. The lowest BCUT2D eigenvalue weighted by Crippen LogP contribution is -1.87. The van der Waals surface area contributed by atoms with E-state index in [0.29, 0.717) is 0 Å². The molecule has 4 heterocycles. The Kier molecular flexibility index (Phi) is 2.66. The van der Waals surface area contributed by atoms with Crippen molar-refractivity contribution < 1.29 is 0 Å². The lowest BCUT2D eigenvalue weighted by atomic mass is 10.1. The fraction of sp³-hybridized carbons (Fsp3) is 0. The van der Waals surface area contributed by atoms with E-state index in [4.69, 9.17) is 4.98 Å². The summed E-state index contributed by atoms with van der Waals surface area (Å²) < 4.78 is 1.16. The van der Waals surface area contributed by atoms with Gasteiger partial charge in [-0.25, -0.2) is 9.97 Å². The first-order valence-corrected chi connectivity index (χ1v) is 8.20. The molecule has 5 rings (SSSR count). The van der Waals surface area contributed by atoms with Crippen molar-refractivity contribution in [2.45, 2.75) is 0 Å². The van der Waals surface area contributed by atoms with E-state index in [0.717, 1.165) is 42.6 Å². The van der Waals surface area contributed by atoms with Crippen LogP contribution in [0.3, 0.4) is 0 Å². The summed E-state index contributed by atoms with van der Waals surface area (Å²) in [6.45, 7) is 0. The van der Waals surface area contributed by atoms with Crippen LogP contribution in [0.4, 0.5) is 0 Å². The number of aromatic nitrogens is 3. The zero-order valence-electron chi connectivity index (χ0n) is 12.1. The summed E-state index contributed by atoms with van der Waals surface area (Å²) >= 11 is 1.68. The van der Waals surface area contributed by atoms with Gasteiger partial charge in [0.05, 0.1) is 21.4 Å². The Hall–Kier alpha value is -2.85. The predicted molar refractivity (Wildman–Crippen MR) is 95.7 cm³/mol. The lowest BCUT2D eigenvalue weighted by Gasteiger charge is -2.05. The van der Waals surface area contributed by atoms with Crippen molar-refractivity contribution in [1.82, 2.24) is 15.0 Å². The highest BCUT2D eigenvalue weighted by atomic mass is 32.1. The van der Waals surface area contributed by atoms with Crippen molar-refractivity contribution in [3.05, 3.63) is 67.0 Å². The van der Waals surface area contributed by atoms with Crippen LogP contribution in [0, 0.1) is 0 Å². The molecule has 108 valence electrons. The van der Waals surface area contributed by atoms with Gasteiger partial charge in [-0.1, -0.05) is 24.3 Å². The molecule has 0 unspecified atom stereocenters. The van der Waals surface area contributed by atoms with Crippen molar-refractivity contribution in [3.8, 4) is 11.3 Å². The van der Waals surface area contributed by atoms with E-state index in [9.17, 15) is 0 Å². The number of rotatable bonds is 1. The van der Waals surface area contributed by atoms with Gasteiger partial charge < -0.3 is 0 Å². The van der Waals surface area contributed by atoms with Crippen molar-refractivity contribution in [1.29, 1.82) is 0 Å². The molecule has 3 nitrogen and oxygen atoms in total. The number of hydrogen-bond donors (Lipinski definition) is 0. The van der Waals surface area contributed by atoms with Gasteiger partial charge in [-0.3, -0.25) is 4.98 Å². The molecule has 0 saturated heterocycles. The van der Waals surface area contributed by atoms with Crippen LogP contribution in [0.25, 0.3) is 42.6 Å². The Labute approximate surface area is 136 Å². The number of pyridine rings is 3. The molecular formula is C19H11N3S. The smallest absolute Gasteiger partial charge is 0.126 e.